The number of halogens is 1. The molecule has 0 saturated heterocycles. The number of nitrogens with one attached hydrogen (secondary N) is 2. The molecule has 3 rings (SSSR count). The first kappa shape index (κ1) is 26.6. The Balaban J connectivity index is 1.65. The number of amides is 2. The van der Waals surface area contributed by atoms with E-state index in [-0.39, 0.29) is 5.69 Å². The molecule has 0 atom stereocenters. The molecule has 2 N–H and O–H groups in total. The monoisotopic (exact) mass is 555 g/mol. The van der Waals surface area contributed by atoms with Gasteiger partial charge in [-0.1, -0.05) is 24.3 Å². The van der Waals surface area contributed by atoms with Crippen LogP contribution in [0.25, 0.3) is 0 Å². The van der Waals surface area contributed by atoms with Crippen molar-refractivity contribution in [1.29, 1.82) is 0 Å². The van der Waals surface area contributed by atoms with Gasteiger partial charge in [-0.3, -0.25) is 9.59 Å². The average Bonchev–Trinajstić information content (AvgIpc) is 2.88. The van der Waals surface area contributed by atoms with Gasteiger partial charge in [-0.2, -0.15) is 5.10 Å². The molecule has 188 valence electrons. The summed E-state index contributed by atoms with van der Waals surface area (Å²) in [5.41, 5.74) is 5.28. The van der Waals surface area contributed by atoms with Crippen LogP contribution in [0.3, 0.4) is 0 Å². The van der Waals surface area contributed by atoms with Crippen LogP contribution in [0.5, 0.6) is 23.0 Å². The molecule has 36 heavy (non-hydrogen) atoms. The third kappa shape index (κ3) is 6.76. The van der Waals surface area contributed by atoms with E-state index in [0.29, 0.717) is 39.6 Å². The van der Waals surface area contributed by atoms with Gasteiger partial charge in [-0.15, -0.1) is 0 Å². The molecular formula is C26H26BrN3O6. The van der Waals surface area contributed by atoms with Gasteiger partial charge in [-0.25, -0.2) is 5.43 Å². The molecule has 0 unspecified atom stereocenters. The predicted molar refractivity (Wildman–Crippen MR) is 140 cm³/mol. The number of aryl methyl sites for hydroxylation is 1. The van der Waals surface area contributed by atoms with Gasteiger partial charge in [0, 0.05) is 6.07 Å². The van der Waals surface area contributed by atoms with Crippen molar-refractivity contribution in [3.8, 4) is 23.0 Å². The van der Waals surface area contributed by atoms with Crippen LogP contribution >= 0.6 is 15.9 Å². The Hall–Kier alpha value is -4.05. The second-order valence-electron chi connectivity index (χ2n) is 7.47. The van der Waals surface area contributed by atoms with Crippen LogP contribution in [0.4, 0.5) is 5.69 Å². The van der Waals surface area contributed by atoms with Crippen LogP contribution in [0, 0.1) is 6.92 Å². The summed E-state index contributed by atoms with van der Waals surface area (Å²) in [6, 6.07) is 16.2. The van der Waals surface area contributed by atoms with Crippen LogP contribution in [0.1, 0.15) is 16.7 Å². The van der Waals surface area contributed by atoms with Crippen molar-refractivity contribution in [3.63, 3.8) is 0 Å². The Bertz CT molecular complexity index is 1280. The van der Waals surface area contributed by atoms with Gasteiger partial charge in [0.2, 0.25) is 0 Å². The van der Waals surface area contributed by atoms with E-state index < -0.39 is 11.8 Å². The van der Waals surface area contributed by atoms with E-state index >= 15 is 0 Å². The van der Waals surface area contributed by atoms with Crippen molar-refractivity contribution in [2.75, 3.05) is 26.6 Å². The van der Waals surface area contributed by atoms with E-state index in [2.05, 4.69) is 31.8 Å². The van der Waals surface area contributed by atoms with E-state index in [9.17, 15) is 9.59 Å². The lowest BCUT2D eigenvalue weighted by atomic mass is 10.1. The number of rotatable bonds is 9. The van der Waals surface area contributed by atoms with Crippen LogP contribution < -0.4 is 29.7 Å². The fraction of sp³-hybridized carbons (Fsp3) is 0.192. The summed E-state index contributed by atoms with van der Waals surface area (Å²) >= 11 is 3.50. The topological polar surface area (TPSA) is 107 Å². The summed E-state index contributed by atoms with van der Waals surface area (Å²) < 4.78 is 22.4. The fourth-order valence-corrected chi connectivity index (χ4v) is 3.76. The quantitative estimate of drug-likeness (QED) is 0.229. The number of benzene rings is 3. The lowest BCUT2D eigenvalue weighted by Gasteiger charge is -2.14. The van der Waals surface area contributed by atoms with E-state index in [4.69, 9.17) is 18.9 Å². The molecule has 0 heterocycles. The first-order valence-corrected chi connectivity index (χ1v) is 11.6. The predicted octanol–water partition coefficient (Wildman–Crippen LogP) is 4.45. The van der Waals surface area contributed by atoms with Crippen molar-refractivity contribution in [2.45, 2.75) is 13.5 Å². The zero-order chi connectivity index (χ0) is 26.1. The molecule has 0 aliphatic rings. The number of hydrazone groups is 1. The van der Waals surface area contributed by atoms with Crippen molar-refractivity contribution < 1.29 is 28.5 Å². The summed E-state index contributed by atoms with van der Waals surface area (Å²) in [6.07, 6.45) is 1.38. The van der Waals surface area contributed by atoms with Crippen LogP contribution in [0.15, 0.2) is 64.2 Å². The Kier molecular flexibility index (Phi) is 9.29. The molecule has 10 heteroatoms. The first-order valence-electron chi connectivity index (χ1n) is 10.8. The Morgan fingerprint density at radius 2 is 1.69 bits per heavy atom. The standard InChI is InChI=1S/C26H26BrN3O6/c1-16-7-5-6-8-18(16)15-36-24-20(27)11-17(12-23(24)35-4)14-28-30-26(32)25(31)29-21-13-19(33-2)9-10-22(21)34-3/h5-14H,15H2,1-4H3,(H,29,31)(H,30,32)/b28-14+. The van der Waals surface area contributed by atoms with E-state index in [0.717, 1.165) is 11.1 Å². The summed E-state index contributed by atoms with van der Waals surface area (Å²) in [4.78, 5) is 24.5. The molecule has 0 bridgehead atoms. The van der Waals surface area contributed by atoms with E-state index in [1.165, 1.54) is 27.5 Å². The fourth-order valence-electron chi connectivity index (χ4n) is 3.18. The highest BCUT2D eigenvalue weighted by atomic mass is 79.9. The third-order valence-electron chi connectivity index (χ3n) is 5.13. The Morgan fingerprint density at radius 1 is 0.944 bits per heavy atom. The molecule has 0 fully saturated rings. The van der Waals surface area contributed by atoms with Crippen molar-refractivity contribution in [2.24, 2.45) is 5.10 Å². The van der Waals surface area contributed by atoms with Gasteiger partial charge in [-0.05, 0) is 63.8 Å². The smallest absolute Gasteiger partial charge is 0.329 e. The van der Waals surface area contributed by atoms with Gasteiger partial charge in [0.15, 0.2) is 11.5 Å². The highest BCUT2D eigenvalue weighted by molar-refractivity contribution is 9.10. The maximum atomic E-state index is 12.3. The molecule has 3 aromatic rings. The third-order valence-corrected chi connectivity index (χ3v) is 5.71. The Morgan fingerprint density at radius 3 is 2.39 bits per heavy atom. The van der Waals surface area contributed by atoms with Crippen LogP contribution in [0.2, 0.25) is 0 Å². The van der Waals surface area contributed by atoms with Gasteiger partial charge >= 0.3 is 11.8 Å². The molecule has 0 spiro atoms. The summed E-state index contributed by atoms with van der Waals surface area (Å²) in [7, 11) is 4.47. The summed E-state index contributed by atoms with van der Waals surface area (Å²) in [6.45, 7) is 2.39. The van der Waals surface area contributed by atoms with E-state index in [1.54, 1.807) is 30.3 Å². The number of carbonyl (C=O) groups is 2. The van der Waals surface area contributed by atoms with Crippen molar-refractivity contribution in [3.05, 3.63) is 75.8 Å². The van der Waals surface area contributed by atoms with Gasteiger partial charge in [0.1, 0.15) is 18.1 Å². The molecule has 2 amide bonds. The molecule has 0 saturated carbocycles. The maximum absolute atomic E-state index is 12.3. The zero-order valence-corrected chi connectivity index (χ0v) is 21.8. The Labute approximate surface area is 217 Å². The number of nitrogens with zero attached hydrogens (tertiary/aromatic N) is 1. The molecular weight excluding hydrogens is 530 g/mol. The number of ether oxygens (including phenoxy) is 4. The van der Waals surface area contributed by atoms with Gasteiger partial charge in [0.05, 0.1) is 37.7 Å². The molecule has 0 aliphatic heterocycles. The molecule has 0 radical (unpaired) electrons. The average molecular weight is 556 g/mol. The number of methoxy groups -OCH3 is 3. The summed E-state index contributed by atoms with van der Waals surface area (Å²) in [5.74, 6) is 0.0115. The minimum absolute atomic E-state index is 0.288. The lowest BCUT2D eigenvalue weighted by Crippen LogP contribution is -2.32. The number of hydrogen-bond donors (Lipinski definition) is 2. The molecule has 9 nitrogen and oxygen atoms in total. The molecule has 3 aromatic carbocycles. The van der Waals surface area contributed by atoms with E-state index in [1.807, 2.05) is 31.2 Å². The summed E-state index contributed by atoms with van der Waals surface area (Å²) in [5, 5.41) is 6.35. The first-order chi connectivity index (χ1) is 17.4. The number of anilines is 1. The highest BCUT2D eigenvalue weighted by Gasteiger charge is 2.16. The molecule has 0 aromatic heterocycles. The van der Waals surface area contributed by atoms with Gasteiger partial charge < -0.3 is 24.3 Å². The van der Waals surface area contributed by atoms with Crippen molar-refractivity contribution >= 4 is 39.6 Å². The highest BCUT2D eigenvalue weighted by Crippen LogP contribution is 2.37. The second-order valence-corrected chi connectivity index (χ2v) is 8.32. The van der Waals surface area contributed by atoms with Crippen LogP contribution in [-0.4, -0.2) is 39.4 Å². The number of carbonyl (C=O) groups excluding carboxylic acids is 2. The SMILES string of the molecule is COc1ccc(OC)c(NC(=O)C(=O)N/N=C/c2cc(Br)c(OCc3ccccc3C)c(OC)c2)c1. The maximum Gasteiger partial charge on any atom is 0.329 e. The zero-order valence-electron chi connectivity index (χ0n) is 20.3. The van der Waals surface area contributed by atoms with Crippen LogP contribution in [-0.2, 0) is 16.2 Å². The minimum atomic E-state index is -0.958. The molecule has 0 aliphatic carbocycles. The largest absolute Gasteiger partial charge is 0.497 e. The van der Waals surface area contributed by atoms with Crippen molar-refractivity contribution in [1.82, 2.24) is 5.43 Å². The minimum Gasteiger partial charge on any atom is -0.497 e. The second kappa shape index (κ2) is 12.6. The lowest BCUT2D eigenvalue weighted by molar-refractivity contribution is -0.136. The normalized spacial score (nSPS) is 10.6. The van der Waals surface area contributed by atoms with Gasteiger partial charge in [0.25, 0.3) is 0 Å². The number of hydrogen-bond acceptors (Lipinski definition) is 7.